The number of hydrogen-bond donors (Lipinski definition) is 2. The quantitative estimate of drug-likeness (QED) is 0.539. The van der Waals surface area contributed by atoms with Crippen LogP contribution in [0.4, 0.5) is 0 Å². The molecule has 1 unspecified atom stereocenters. The van der Waals surface area contributed by atoms with Crippen LogP contribution in [-0.4, -0.2) is 51.1 Å². The summed E-state index contributed by atoms with van der Waals surface area (Å²) in [5.74, 6) is -2.50. The van der Waals surface area contributed by atoms with Crippen LogP contribution < -0.4 is 5.32 Å². The summed E-state index contributed by atoms with van der Waals surface area (Å²) in [6.07, 6.45) is 0.221. The molecule has 2 heterocycles. The van der Waals surface area contributed by atoms with Crippen molar-refractivity contribution in [2.24, 2.45) is 0 Å². The number of hydrogen-bond acceptors (Lipinski definition) is 6. The largest absolute Gasteiger partial charge is 0.477 e. The van der Waals surface area contributed by atoms with E-state index >= 15 is 0 Å². The first kappa shape index (κ1) is 15.4. The summed E-state index contributed by atoms with van der Waals surface area (Å²) in [6.45, 7) is 2.22. The minimum absolute atomic E-state index is 0.196. The summed E-state index contributed by atoms with van der Waals surface area (Å²) in [5.41, 5.74) is -0.0165. The zero-order valence-electron chi connectivity index (χ0n) is 11.4. The summed E-state index contributed by atoms with van der Waals surface area (Å²) in [5, 5.41) is 11.0. The molecule has 1 saturated heterocycles. The lowest BCUT2D eigenvalue weighted by Crippen LogP contribution is -2.57. The van der Waals surface area contributed by atoms with Crippen LogP contribution >= 0.6 is 11.8 Å². The fraction of sp³-hybridized carbons (Fsp3) is 0.500. The molecular formula is C12H14N2O6S. The van der Waals surface area contributed by atoms with E-state index in [2.05, 4.69) is 5.32 Å². The van der Waals surface area contributed by atoms with E-state index in [1.807, 2.05) is 0 Å². The number of rotatable bonds is 4. The predicted molar refractivity (Wildman–Crippen MR) is 71.7 cm³/mol. The number of aliphatic carboxylic acids is 1. The molecule has 0 saturated carbocycles. The number of carboxylic acids is 1. The van der Waals surface area contributed by atoms with Gasteiger partial charge in [0.25, 0.3) is 0 Å². The number of β-lactam (4-membered cyclic amide) rings is 1. The van der Waals surface area contributed by atoms with E-state index in [9.17, 15) is 24.3 Å². The molecule has 0 aromatic heterocycles. The Morgan fingerprint density at radius 1 is 1.43 bits per heavy atom. The molecular weight excluding hydrogens is 300 g/mol. The van der Waals surface area contributed by atoms with E-state index in [-0.39, 0.29) is 41.5 Å². The SMILES string of the molecule is CC(=O)NC1S[C@@H]2CC(=O)N2C(C(=O)O)=C1COC(C)=O. The Morgan fingerprint density at radius 2 is 2.10 bits per heavy atom. The summed E-state index contributed by atoms with van der Waals surface area (Å²) < 4.78 is 4.85. The van der Waals surface area contributed by atoms with Crippen LogP contribution in [0.2, 0.25) is 0 Å². The molecule has 0 aromatic carbocycles. The van der Waals surface area contributed by atoms with Crippen molar-refractivity contribution in [3.05, 3.63) is 11.3 Å². The molecule has 8 nitrogen and oxygen atoms in total. The second-order valence-corrected chi connectivity index (χ2v) is 5.89. The molecule has 114 valence electrons. The van der Waals surface area contributed by atoms with Crippen LogP contribution in [-0.2, 0) is 23.9 Å². The van der Waals surface area contributed by atoms with Crippen molar-refractivity contribution < 1.29 is 29.0 Å². The molecule has 21 heavy (non-hydrogen) atoms. The lowest BCUT2D eigenvalue weighted by Gasteiger charge is -2.46. The Bertz CT molecular complexity index is 558. The van der Waals surface area contributed by atoms with Gasteiger partial charge < -0.3 is 15.2 Å². The maximum absolute atomic E-state index is 11.6. The van der Waals surface area contributed by atoms with Crippen molar-refractivity contribution in [3.63, 3.8) is 0 Å². The molecule has 0 aliphatic carbocycles. The Hall–Kier alpha value is -2.03. The Kier molecular flexibility index (Phi) is 4.21. The molecule has 0 aromatic rings. The molecule has 2 rings (SSSR count). The van der Waals surface area contributed by atoms with Gasteiger partial charge in [0, 0.05) is 19.4 Å². The highest BCUT2D eigenvalue weighted by Crippen LogP contribution is 2.43. The molecule has 1 fully saturated rings. The van der Waals surface area contributed by atoms with Gasteiger partial charge in [0.1, 0.15) is 17.7 Å². The smallest absolute Gasteiger partial charge is 0.352 e. The number of carbonyl (C=O) groups excluding carboxylic acids is 3. The third-order valence-corrected chi connectivity index (χ3v) is 4.39. The number of fused-ring (bicyclic) bond motifs is 1. The van der Waals surface area contributed by atoms with Crippen LogP contribution in [0, 0.1) is 0 Å². The van der Waals surface area contributed by atoms with Crippen molar-refractivity contribution in [2.75, 3.05) is 6.61 Å². The van der Waals surface area contributed by atoms with Gasteiger partial charge in [0.15, 0.2) is 0 Å². The highest BCUT2D eigenvalue weighted by molar-refractivity contribution is 8.00. The molecule has 9 heteroatoms. The van der Waals surface area contributed by atoms with Crippen LogP contribution in [0.3, 0.4) is 0 Å². The Labute approximate surface area is 124 Å². The maximum Gasteiger partial charge on any atom is 0.352 e. The second kappa shape index (κ2) is 5.76. The first-order chi connectivity index (χ1) is 9.81. The average Bonchev–Trinajstić information content (AvgIpc) is 2.34. The van der Waals surface area contributed by atoms with Crippen LogP contribution in [0.1, 0.15) is 20.3 Å². The standard InChI is InChI=1S/C12H14N2O6S/c1-5(15)13-11-7(4-20-6(2)16)10(12(18)19)14-8(17)3-9(14)21-11/h9,11H,3-4H2,1-2H3,(H,13,15)(H,18,19)/t9-,11?/m1/s1. The molecule has 2 N–H and O–H groups in total. The van der Waals surface area contributed by atoms with Crippen LogP contribution in [0.25, 0.3) is 0 Å². The lowest BCUT2D eigenvalue weighted by atomic mass is 10.1. The van der Waals surface area contributed by atoms with Crippen molar-refractivity contribution in [1.82, 2.24) is 10.2 Å². The Balaban J connectivity index is 2.38. The fourth-order valence-corrected chi connectivity index (χ4v) is 3.63. The van der Waals surface area contributed by atoms with E-state index in [1.54, 1.807) is 0 Å². The summed E-state index contributed by atoms with van der Waals surface area (Å²) in [6, 6.07) is 0. The molecule has 0 spiro atoms. The van der Waals surface area contributed by atoms with E-state index in [0.717, 1.165) is 0 Å². The zero-order valence-corrected chi connectivity index (χ0v) is 12.2. The molecule has 0 bridgehead atoms. The van der Waals surface area contributed by atoms with Gasteiger partial charge in [-0.2, -0.15) is 0 Å². The van der Waals surface area contributed by atoms with E-state index in [0.29, 0.717) is 0 Å². The first-order valence-electron chi connectivity index (χ1n) is 6.15. The van der Waals surface area contributed by atoms with Crippen LogP contribution in [0.5, 0.6) is 0 Å². The minimum atomic E-state index is -1.29. The van der Waals surface area contributed by atoms with Gasteiger partial charge >= 0.3 is 11.9 Å². The maximum atomic E-state index is 11.6. The summed E-state index contributed by atoms with van der Waals surface area (Å²) in [4.78, 5) is 46.5. The number of thioether (sulfide) groups is 1. The van der Waals surface area contributed by atoms with Crippen molar-refractivity contribution in [3.8, 4) is 0 Å². The number of nitrogens with one attached hydrogen (secondary N) is 1. The predicted octanol–water partition coefficient (Wildman–Crippen LogP) is -0.344. The average molecular weight is 314 g/mol. The van der Waals surface area contributed by atoms with Gasteiger partial charge in [-0.25, -0.2) is 4.79 Å². The number of amides is 2. The number of carboxylic acid groups (broad SMARTS) is 1. The van der Waals surface area contributed by atoms with Gasteiger partial charge in [-0.1, -0.05) is 0 Å². The van der Waals surface area contributed by atoms with Gasteiger partial charge in [0.2, 0.25) is 11.8 Å². The molecule has 2 atom stereocenters. The van der Waals surface area contributed by atoms with Crippen molar-refractivity contribution in [2.45, 2.75) is 31.0 Å². The molecule has 2 aliphatic heterocycles. The van der Waals surface area contributed by atoms with Crippen LogP contribution in [0.15, 0.2) is 11.3 Å². The first-order valence-corrected chi connectivity index (χ1v) is 7.10. The highest BCUT2D eigenvalue weighted by atomic mass is 32.2. The number of carbonyl (C=O) groups is 4. The van der Waals surface area contributed by atoms with E-state index in [4.69, 9.17) is 4.74 Å². The summed E-state index contributed by atoms with van der Waals surface area (Å²) >= 11 is 1.25. The highest BCUT2D eigenvalue weighted by Gasteiger charge is 2.48. The molecule has 2 aliphatic rings. The lowest BCUT2D eigenvalue weighted by molar-refractivity contribution is -0.146. The second-order valence-electron chi connectivity index (χ2n) is 4.60. The number of nitrogens with zero attached hydrogens (tertiary/aromatic N) is 1. The third-order valence-electron chi connectivity index (χ3n) is 3.03. The van der Waals surface area contributed by atoms with Crippen molar-refractivity contribution >= 4 is 35.5 Å². The molecule has 0 radical (unpaired) electrons. The fourth-order valence-electron chi connectivity index (χ4n) is 2.15. The van der Waals surface area contributed by atoms with Gasteiger partial charge in [0.05, 0.1) is 11.8 Å². The van der Waals surface area contributed by atoms with E-state index in [1.165, 1.54) is 30.5 Å². The summed E-state index contributed by atoms with van der Waals surface area (Å²) in [7, 11) is 0. The third kappa shape index (κ3) is 3.02. The zero-order chi connectivity index (χ0) is 15.7. The van der Waals surface area contributed by atoms with Gasteiger partial charge in [-0.3, -0.25) is 19.3 Å². The topological polar surface area (TPSA) is 113 Å². The van der Waals surface area contributed by atoms with Gasteiger partial charge in [-0.15, -0.1) is 11.8 Å². The monoisotopic (exact) mass is 314 g/mol. The Morgan fingerprint density at radius 3 is 2.57 bits per heavy atom. The van der Waals surface area contributed by atoms with E-state index < -0.39 is 17.3 Å². The van der Waals surface area contributed by atoms with Gasteiger partial charge in [-0.05, 0) is 0 Å². The normalized spacial score (nSPS) is 24.1. The minimum Gasteiger partial charge on any atom is -0.477 e. The van der Waals surface area contributed by atoms with Crippen molar-refractivity contribution in [1.29, 1.82) is 0 Å². The number of ether oxygens (including phenoxy) is 1. The molecule has 2 amide bonds. The number of esters is 1.